The minimum atomic E-state index is 0.256. The summed E-state index contributed by atoms with van der Waals surface area (Å²) < 4.78 is 5.80. The number of hydrogen-bond acceptors (Lipinski definition) is 4. The molecule has 0 saturated carbocycles. The van der Waals surface area contributed by atoms with Gasteiger partial charge in [-0.15, -0.1) is 0 Å². The number of hydrogen-bond donors (Lipinski definition) is 1. The Kier molecular flexibility index (Phi) is 6.26. The zero-order valence-corrected chi connectivity index (χ0v) is 16.0. The van der Waals surface area contributed by atoms with Crippen LogP contribution in [0.4, 0.5) is 0 Å². The van der Waals surface area contributed by atoms with Crippen LogP contribution < -0.4 is 0 Å². The van der Waals surface area contributed by atoms with Crippen molar-refractivity contribution >= 4 is 0 Å². The summed E-state index contributed by atoms with van der Waals surface area (Å²) in [7, 11) is 0. The average Bonchev–Trinajstić information content (AvgIpc) is 3.32. The third kappa shape index (κ3) is 4.48. The number of ether oxygens (including phenoxy) is 1. The molecule has 144 valence electrons. The van der Waals surface area contributed by atoms with Gasteiger partial charge >= 0.3 is 0 Å². The van der Waals surface area contributed by atoms with Gasteiger partial charge in [0.05, 0.1) is 12.7 Å². The van der Waals surface area contributed by atoms with Crippen molar-refractivity contribution in [3.8, 4) is 0 Å². The van der Waals surface area contributed by atoms with E-state index in [2.05, 4.69) is 34.1 Å². The molecule has 4 nitrogen and oxygen atoms in total. The lowest BCUT2D eigenvalue weighted by Crippen LogP contribution is -2.45. The fourth-order valence-corrected chi connectivity index (χ4v) is 5.13. The Hall–Kier alpha value is -0.940. The van der Waals surface area contributed by atoms with E-state index in [4.69, 9.17) is 4.74 Å². The molecular formula is C22H34N2O2. The van der Waals surface area contributed by atoms with Crippen LogP contribution in [0.3, 0.4) is 0 Å². The number of benzene rings is 1. The molecule has 0 amide bonds. The molecule has 2 aliphatic heterocycles. The third-order valence-electron chi connectivity index (χ3n) is 6.61. The summed E-state index contributed by atoms with van der Waals surface area (Å²) in [4.78, 5) is 5.18. The van der Waals surface area contributed by atoms with Gasteiger partial charge in [0.2, 0.25) is 0 Å². The third-order valence-corrected chi connectivity index (χ3v) is 6.61. The second-order valence-electron chi connectivity index (χ2n) is 8.43. The summed E-state index contributed by atoms with van der Waals surface area (Å²) in [5, 5.41) is 9.42. The van der Waals surface area contributed by atoms with Gasteiger partial charge in [-0.1, -0.05) is 24.3 Å². The molecule has 2 heterocycles. The number of likely N-dealkylation sites (tertiary alicyclic amines) is 1. The molecule has 0 bridgehead atoms. The molecule has 0 unspecified atom stereocenters. The number of rotatable bonds is 7. The number of aliphatic hydroxyl groups excluding tert-OH is 1. The SMILES string of the molecule is OCCN(CC1CCN(C2Cc3ccccc3C2)CC1)C[C@H]1CCCO1. The van der Waals surface area contributed by atoms with Crippen LogP contribution in [-0.2, 0) is 17.6 Å². The smallest absolute Gasteiger partial charge is 0.0702 e. The monoisotopic (exact) mass is 358 g/mol. The highest BCUT2D eigenvalue weighted by Crippen LogP contribution is 2.29. The largest absolute Gasteiger partial charge is 0.395 e. The molecule has 26 heavy (non-hydrogen) atoms. The van der Waals surface area contributed by atoms with Crippen molar-refractivity contribution in [1.29, 1.82) is 0 Å². The predicted molar refractivity (Wildman–Crippen MR) is 104 cm³/mol. The van der Waals surface area contributed by atoms with Gasteiger partial charge in [0.15, 0.2) is 0 Å². The van der Waals surface area contributed by atoms with Crippen molar-refractivity contribution in [2.75, 3.05) is 45.9 Å². The predicted octanol–water partition coefficient (Wildman–Crippen LogP) is 2.34. The van der Waals surface area contributed by atoms with Crippen LogP contribution in [0.5, 0.6) is 0 Å². The molecule has 0 spiro atoms. The van der Waals surface area contributed by atoms with E-state index in [1.165, 1.54) is 51.6 Å². The van der Waals surface area contributed by atoms with E-state index in [0.717, 1.165) is 32.2 Å². The maximum atomic E-state index is 9.42. The van der Waals surface area contributed by atoms with Crippen molar-refractivity contribution in [3.63, 3.8) is 0 Å². The molecule has 1 aromatic carbocycles. The Labute approximate surface area is 158 Å². The fraction of sp³-hybridized carbons (Fsp3) is 0.727. The highest BCUT2D eigenvalue weighted by atomic mass is 16.5. The molecule has 1 atom stereocenters. The molecule has 3 aliphatic rings. The highest BCUT2D eigenvalue weighted by molar-refractivity contribution is 5.33. The molecule has 4 rings (SSSR count). The first-order valence-electron chi connectivity index (χ1n) is 10.6. The van der Waals surface area contributed by atoms with E-state index in [9.17, 15) is 5.11 Å². The van der Waals surface area contributed by atoms with Gasteiger partial charge in [0.25, 0.3) is 0 Å². The van der Waals surface area contributed by atoms with Crippen LogP contribution in [0.25, 0.3) is 0 Å². The van der Waals surface area contributed by atoms with Crippen LogP contribution in [-0.4, -0.2) is 73.0 Å². The molecule has 1 aromatic rings. The Morgan fingerprint density at radius 3 is 2.38 bits per heavy atom. The van der Waals surface area contributed by atoms with Crippen LogP contribution in [0.2, 0.25) is 0 Å². The maximum absolute atomic E-state index is 9.42. The first kappa shape index (κ1) is 18.4. The first-order chi connectivity index (χ1) is 12.8. The van der Waals surface area contributed by atoms with Crippen LogP contribution in [0, 0.1) is 5.92 Å². The van der Waals surface area contributed by atoms with Crippen LogP contribution in [0.15, 0.2) is 24.3 Å². The highest BCUT2D eigenvalue weighted by Gasteiger charge is 2.30. The molecule has 0 radical (unpaired) electrons. The van der Waals surface area contributed by atoms with Crippen molar-refractivity contribution in [2.45, 2.75) is 50.7 Å². The Morgan fingerprint density at radius 2 is 1.77 bits per heavy atom. The van der Waals surface area contributed by atoms with Gasteiger partial charge in [0.1, 0.15) is 0 Å². The van der Waals surface area contributed by atoms with Crippen molar-refractivity contribution in [1.82, 2.24) is 9.80 Å². The standard InChI is InChI=1S/C22H34N2O2/c25-12-11-23(17-22-6-3-13-26-22)16-18-7-9-24(10-8-18)21-14-19-4-1-2-5-20(19)15-21/h1-2,4-5,18,21-22,25H,3,6-17H2/t22-/m1/s1. The zero-order chi connectivity index (χ0) is 17.8. The number of aliphatic hydroxyl groups is 1. The van der Waals surface area contributed by atoms with E-state index in [-0.39, 0.29) is 6.61 Å². The average molecular weight is 359 g/mol. The minimum absolute atomic E-state index is 0.256. The van der Waals surface area contributed by atoms with Gasteiger partial charge < -0.3 is 9.84 Å². The lowest BCUT2D eigenvalue weighted by Gasteiger charge is -2.38. The number of piperidine rings is 1. The number of fused-ring (bicyclic) bond motifs is 1. The van der Waals surface area contributed by atoms with E-state index >= 15 is 0 Å². The molecular weight excluding hydrogens is 324 g/mol. The minimum Gasteiger partial charge on any atom is -0.395 e. The summed E-state index contributed by atoms with van der Waals surface area (Å²) in [5.74, 6) is 0.767. The van der Waals surface area contributed by atoms with E-state index in [1.54, 1.807) is 11.1 Å². The quantitative estimate of drug-likeness (QED) is 0.812. The first-order valence-corrected chi connectivity index (χ1v) is 10.6. The van der Waals surface area contributed by atoms with E-state index < -0.39 is 0 Å². The summed E-state index contributed by atoms with van der Waals surface area (Å²) in [6.07, 6.45) is 7.81. The van der Waals surface area contributed by atoms with Gasteiger partial charge in [-0.05, 0) is 68.7 Å². The molecule has 4 heteroatoms. The Bertz CT molecular complexity index is 540. The number of nitrogens with zero attached hydrogens (tertiary/aromatic N) is 2. The van der Waals surface area contributed by atoms with Crippen LogP contribution in [0.1, 0.15) is 36.8 Å². The van der Waals surface area contributed by atoms with Gasteiger partial charge in [0, 0.05) is 32.3 Å². The van der Waals surface area contributed by atoms with E-state index in [1.807, 2.05) is 0 Å². The lowest BCUT2D eigenvalue weighted by atomic mass is 9.94. The summed E-state index contributed by atoms with van der Waals surface area (Å²) in [5.41, 5.74) is 3.12. The summed E-state index contributed by atoms with van der Waals surface area (Å²) >= 11 is 0. The molecule has 2 saturated heterocycles. The van der Waals surface area contributed by atoms with E-state index in [0.29, 0.717) is 12.1 Å². The lowest BCUT2D eigenvalue weighted by molar-refractivity contribution is 0.0504. The second-order valence-corrected chi connectivity index (χ2v) is 8.43. The van der Waals surface area contributed by atoms with Gasteiger partial charge in [-0.2, -0.15) is 0 Å². The van der Waals surface area contributed by atoms with Gasteiger partial charge in [-0.3, -0.25) is 9.80 Å². The fourth-order valence-electron chi connectivity index (χ4n) is 5.13. The molecule has 1 aliphatic carbocycles. The van der Waals surface area contributed by atoms with Crippen molar-refractivity contribution in [2.24, 2.45) is 5.92 Å². The molecule has 0 aromatic heterocycles. The van der Waals surface area contributed by atoms with Crippen LogP contribution >= 0.6 is 0 Å². The Morgan fingerprint density at radius 1 is 1.04 bits per heavy atom. The molecule has 2 fully saturated rings. The van der Waals surface area contributed by atoms with Gasteiger partial charge in [-0.25, -0.2) is 0 Å². The Balaban J connectivity index is 1.24. The normalized spacial score (nSPS) is 25.2. The van der Waals surface area contributed by atoms with Crippen molar-refractivity contribution < 1.29 is 9.84 Å². The van der Waals surface area contributed by atoms with Crippen molar-refractivity contribution in [3.05, 3.63) is 35.4 Å². The topological polar surface area (TPSA) is 35.9 Å². The molecule has 1 N–H and O–H groups in total. The zero-order valence-electron chi connectivity index (χ0n) is 16.0. The second kappa shape index (κ2) is 8.83. The maximum Gasteiger partial charge on any atom is 0.0702 e. The summed E-state index contributed by atoms with van der Waals surface area (Å²) in [6, 6.07) is 9.68. The summed E-state index contributed by atoms with van der Waals surface area (Å²) in [6.45, 7) is 6.55.